The fourth-order valence-electron chi connectivity index (χ4n) is 2.06. The first kappa shape index (κ1) is 18.0. The van der Waals surface area contributed by atoms with E-state index in [1.165, 1.54) is 4.90 Å². The summed E-state index contributed by atoms with van der Waals surface area (Å²) in [5.74, 6) is 0. The van der Waals surface area contributed by atoms with Crippen LogP contribution in [0.3, 0.4) is 0 Å². The molecular weight excluding hydrogens is 289 g/mol. The zero-order chi connectivity index (χ0) is 16.1. The Bertz CT molecular complexity index is 340. The molecule has 124 valence electrons. The first-order chi connectivity index (χ1) is 9.66. The van der Waals surface area contributed by atoms with Crippen molar-refractivity contribution < 1.29 is 27.8 Å². The molecule has 0 bridgehead atoms. The minimum Gasteiger partial charge on any atom is -0.380 e. The van der Waals surface area contributed by atoms with E-state index in [0.717, 1.165) is 0 Å². The number of nitrogens with zero attached hydrogens (tertiary/aromatic N) is 1. The monoisotopic (exact) mass is 312 g/mol. The third-order valence-electron chi connectivity index (χ3n) is 3.45. The number of hydrogen-bond donors (Lipinski definition) is 2. The highest BCUT2D eigenvalue weighted by atomic mass is 19.4. The van der Waals surface area contributed by atoms with E-state index in [1.54, 1.807) is 0 Å². The van der Waals surface area contributed by atoms with Gasteiger partial charge in [0.2, 0.25) is 0 Å². The van der Waals surface area contributed by atoms with Crippen LogP contribution in [-0.4, -0.2) is 60.2 Å². The lowest BCUT2D eigenvalue weighted by molar-refractivity contribution is -0.271. The topological polar surface area (TPSA) is 61.8 Å². The fraction of sp³-hybridized carbons (Fsp3) is 0.923. The summed E-state index contributed by atoms with van der Waals surface area (Å²) in [7, 11) is 0. The highest BCUT2D eigenvalue weighted by Gasteiger charge is 2.54. The lowest BCUT2D eigenvalue weighted by Crippen LogP contribution is -2.55. The number of ether oxygens (including phenoxy) is 1. The van der Waals surface area contributed by atoms with E-state index in [2.05, 4.69) is 5.32 Å². The number of hydrogen-bond acceptors (Lipinski definition) is 3. The Labute approximate surface area is 122 Å². The standard InChI is InChI=1S/C13H23F3N2O3/c1-10(2)21-9-3-6-17-11(19)18-7-4-12(20,5-8-18)13(14,15)16/h10,20H,3-9H2,1-2H3,(H,17,19). The van der Waals surface area contributed by atoms with Crippen LogP contribution >= 0.6 is 0 Å². The number of likely N-dealkylation sites (tertiary alicyclic amines) is 1. The van der Waals surface area contributed by atoms with Gasteiger partial charge in [0.05, 0.1) is 6.10 Å². The Balaban J connectivity index is 2.26. The Morgan fingerprint density at radius 1 is 1.38 bits per heavy atom. The van der Waals surface area contributed by atoms with Gasteiger partial charge in [0, 0.05) is 39.1 Å². The average molecular weight is 312 g/mol. The maximum absolute atomic E-state index is 12.6. The summed E-state index contributed by atoms with van der Waals surface area (Å²) in [4.78, 5) is 13.1. The van der Waals surface area contributed by atoms with Gasteiger partial charge in [-0.25, -0.2) is 4.79 Å². The van der Waals surface area contributed by atoms with Crippen molar-refractivity contribution in [2.75, 3.05) is 26.2 Å². The van der Waals surface area contributed by atoms with Gasteiger partial charge >= 0.3 is 12.2 Å². The van der Waals surface area contributed by atoms with Crippen molar-refractivity contribution in [2.45, 2.75) is 51.0 Å². The molecule has 0 aromatic rings. The molecule has 0 spiro atoms. The maximum atomic E-state index is 12.6. The van der Waals surface area contributed by atoms with Crippen molar-refractivity contribution in [3.8, 4) is 0 Å². The minimum absolute atomic E-state index is 0.107. The van der Waals surface area contributed by atoms with Crippen LogP contribution in [0.2, 0.25) is 0 Å². The molecule has 8 heteroatoms. The van der Waals surface area contributed by atoms with E-state index < -0.39 is 30.7 Å². The molecule has 0 saturated carbocycles. The number of aliphatic hydroxyl groups is 1. The lowest BCUT2D eigenvalue weighted by Gasteiger charge is -2.39. The molecule has 0 radical (unpaired) electrons. The van der Waals surface area contributed by atoms with Crippen molar-refractivity contribution in [3.63, 3.8) is 0 Å². The molecule has 0 atom stereocenters. The predicted molar refractivity (Wildman–Crippen MR) is 70.9 cm³/mol. The molecular formula is C13H23F3N2O3. The van der Waals surface area contributed by atoms with Crippen molar-refractivity contribution in [3.05, 3.63) is 0 Å². The van der Waals surface area contributed by atoms with E-state index in [4.69, 9.17) is 4.74 Å². The van der Waals surface area contributed by atoms with Crippen LogP contribution in [0.1, 0.15) is 33.1 Å². The molecule has 2 N–H and O–H groups in total. The van der Waals surface area contributed by atoms with E-state index >= 15 is 0 Å². The number of carbonyl (C=O) groups excluding carboxylic acids is 1. The molecule has 1 aliphatic rings. The van der Waals surface area contributed by atoms with Gasteiger partial charge in [-0.1, -0.05) is 0 Å². The Hall–Kier alpha value is -1.02. The van der Waals surface area contributed by atoms with Crippen LogP contribution in [0.5, 0.6) is 0 Å². The molecule has 0 aromatic carbocycles. The van der Waals surface area contributed by atoms with Crippen LogP contribution in [-0.2, 0) is 4.74 Å². The molecule has 0 aromatic heterocycles. The van der Waals surface area contributed by atoms with Crippen molar-refractivity contribution in [2.24, 2.45) is 0 Å². The zero-order valence-electron chi connectivity index (χ0n) is 12.4. The first-order valence-corrected chi connectivity index (χ1v) is 7.09. The maximum Gasteiger partial charge on any atom is 0.417 e. The number of nitrogens with one attached hydrogen (secondary N) is 1. The molecule has 0 aliphatic carbocycles. The number of amides is 2. The highest BCUT2D eigenvalue weighted by molar-refractivity contribution is 5.74. The van der Waals surface area contributed by atoms with Crippen molar-refractivity contribution >= 4 is 6.03 Å². The van der Waals surface area contributed by atoms with Gasteiger partial charge in [0.25, 0.3) is 0 Å². The zero-order valence-corrected chi connectivity index (χ0v) is 12.4. The molecule has 1 aliphatic heterocycles. The third-order valence-corrected chi connectivity index (χ3v) is 3.45. The van der Waals surface area contributed by atoms with Gasteiger partial charge in [-0.3, -0.25) is 0 Å². The Morgan fingerprint density at radius 3 is 2.43 bits per heavy atom. The van der Waals surface area contributed by atoms with Gasteiger partial charge in [0.15, 0.2) is 5.60 Å². The average Bonchev–Trinajstić information content (AvgIpc) is 2.37. The fourth-order valence-corrected chi connectivity index (χ4v) is 2.06. The second-order valence-electron chi connectivity index (χ2n) is 5.52. The summed E-state index contributed by atoms with van der Waals surface area (Å²) in [5.41, 5.74) is -2.67. The molecule has 0 unspecified atom stereocenters. The summed E-state index contributed by atoms with van der Waals surface area (Å²) in [6.45, 7) is 4.54. The number of alkyl halides is 3. The highest BCUT2D eigenvalue weighted by Crippen LogP contribution is 2.38. The van der Waals surface area contributed by atoms with Crippen molar-refractivity contribution in [1.82, 2.24) is 10.2 Å². The largest absolute Gasteiger partial charge is 0.417 e. The molecule has 1 rings (SSSR count). The summed E-state index contributed by atoms with van der Waals surface area (Å²) < 4.78 is 43.2. The summed E-state index contributed by atoms with van der Waals surface area (Å²) >= 11 is 0. The van der Waals surface area contributed by atoms with E-state index in [9.17, 15) is 23.1 Å². The second kappa shape index (κ2) is 7.31. The van der Waals surface area contributed by atoms with Gasteiger partial charge < -0.3 is 20.1 Å². The molecule has 2 amide bonds. The van der Waals surface area contributed by atoms with Gasteiger partial charge in [-0.15, -0.1) is 0 Å². The summed E-state index contributed by atoms with van der Waals surface area (Å²) in [6, 6.07) is -0.399. The van der Waals surface area contributed by atoms with E-state index in [1.807, 2.05) is 13.8 Å². The molecule has 5 nitrogen and oxygen atoms in total. The third kappa shape index (κ3) is 5.35. The Morgan fingerprint density at radius 2 is 1.95 bits per heavy atom. The summed E-state index contributed by atoms with van der Waals surface area (Å²) in [6.07, 6.45) is -4.85. The minimum atomic E-state index is -4.65. The van der Waals surface area contributed by atoms with Crippen LogP contribution in [0, 0.1) is 0 Å². The van der Waals surface area contributed by atoms with Gasteiger partial charge in [0.1, 0.15) is 0 Å². The predicted octanol–water partition coefficient (Wildman–Crippen LogP) is 1.90. The van der Waals surface area contributed by atoms with Gasteiger partial charge in [-0.05, 0) is 20.3 Å². The van der Waals surface area contributed by atoms with E-state index in [0.29, 0.717) is 19.6 Å². The van der Waals surface area contributed by atoms with Crippen LogP contribution in [0.4, 0.5) is 18.0 Å². The smallest absolute Gasteiger partial charge is 0.380 e. The number of rotatable bonds is 5. The SMILES string of the molecule is CC(C)OCCCNC(=O)N1CCC(O)(C(F)(F)F)CC1. The lowest BCUT2D eigenvalue weighted by atomic mass is 9.91. The normalized spacial score (nSPS) is 18.9. The molecule has 1 fully saturated rings. The molecule has 21 heavy (non-hydrogen) atoms. The quantitative estimate of drug-likeness (QED) is 0.762. The number of urea groups is 1. The summed E-state index contributed by atoms with van der Waals surface area (Å²) in [5, 5.41) is 12.1. The van der Waals surface area contributed by atoms with Crippen molar-refractivity contribution in [1.29, 1.82) is 0 Å². The number of carbonyl (C=O) groups is 1. The van der Waals surface area contributed by atoms with Crippen LogP contribution in [0.25, 0.3) is 0 Å². The van der Waals surface area contributed by atoms with Gasteiger partial charge in [-0.2, -0.15) is 13.2 Å². The Kier molecular flexibility index (Phi) is 6.27. The number of halogens is 3. The first-order valence-electron chi connectivity index (χ1n) is 7.09. The van der Waals surface area contributed by atoms with E-state index in [-0.39, 0.29) is 19.2 Å². The van der Waals surface area contributed by atoms with Crippen LogP contribution in [0.15, 0.2) is 0 Å². The number of piperidine rings is 1. The molecule has 1 heterocycles. The van der Waals surface area contributed by atoms with Crippen LogP contribution < -0.4 is 5.32 Å². The second-order valence-corrected chi connectivity index (χ2v) is 5.52. The molecule has 1 saturated heterocycles.